The topological polar surface area (TPSA) is 95.1 Å². The Bertz CT molecular complexity index is 813. The number of pyridine rings is 1. The fourth-order valence-electron chi connectivity index (χ4n) is 3.01. The summed E-state index contributed by atoms with van der Waals surface area (Å²) in [6.45, 7) is 8.28. The van der Waals surface area contributed by atoms with Gasteiger partial charge in [-0.1, -0.05) is 0 Å². The Morgan fingerprint density at radius 2 is 1.85 bits per heavy atom. The van der Waals surface area contributed by atoms with E-state index < -0.39 is 15.7 Å². The number of likely N-dealkylation sites (N-methyl/N-ethyl adjacent to an activating group) is 1. The van der Waals surface area contributed by atoms with Crippen LogP contribution in [0.15, 0.2) is 12.3 Å². The summed E-state index contributed by atoms with van der Waals surface area (Å²) in [6, 6.07) is 1.54. The van der Waals surface area contributed by atoms with Gasteiger partial charge in [0.15, 0.2) is 0 Å². The summed E-state index contributed by atoms with van der Waals surface area (Å²) in [4.78, 5) is 18.7. The van der Waals surface area contributed by atoms with Crippen LogP contribution in [0.4, 0.5) is 5.69 Å². The zero-order chi connectivity index (χ0) is 19.8. The average Bonchev–Trinajstić information content (AvgIpc) is 2.59. The molecule has 0 bridgehead atoms. The minimum absolute atomic E-state index is 0.188. The van der Waals surface area contributed by atoms with Crippen LogP contribution in [0.3, 0.4) is 0 Å². The molecule has 0 aromatic carbocycles. The minimum Gasteiger partial charge on any atom is -0.474 e. The monoisotopic (exact) mass is 397 g/mol. The first-order valence-corrected chi connectivity index (χ1v) is 10.4. The summed E-state index contributed by atoms with van der Waals surface area (Å²) >= 11 is 0. The van der Waals surface area contributed by atoms with Crippen LogP contribution in [-0.2, 0) is 10.2 Å². The van der Waals surface area contributed by atoms with Gasteiger partial charge in [-0.2, -0.15) is 12.7 Å². The lowest BCUT2D eigenvalue weighted by atomic mass is 10.1. The van der Waals surface area contributed by atoms with E-state index in [4.69, 9.17) is 4.74 Å². The van der Waals surface area contributed by atoms with E-state index in [0.29, 0.717) is 37.4 Å². The van der Waals surface area contributed by atoms with E-state index in [1.54, 1.807) is 0 Å². The van der Waals surface area contributed by atoms with Gasteiger partial charge in [0, 0.05) is 37.9 Å². The summed E-state index contributed by atoms with van der Waals surface area (Å²) in [6.07, 6.45) is 1.41. The molecule has 1 amide bonds. The normalized spacial score (nSPS) is 19.3. The smallest absolute Gasteiger partial charge is 0.304 e. The summed E-state index contributed by atoms with van der Waals surface area (Å²) in [5.74, 6) is -0.0772. The molecule has 2 aliphatic heterocycles. The predicted octanol–water partition coefficient (Wildman–Crippen LogP) is 0.301. The number of hydrogen-bond acceptors (Lipinski definition) is 6. The van der Waals surface area contributed by atoms with Gasteiger partial charge in [0.1, 0.15) is 12.3 Å². The fraction of sp³-hybridized carbons (Fsp3) is 0.647. The molecular formula is C17H27N5O4S. The standard InChI is InChI=1S/C17H27N5O4S/c1-17(2,3)19-15(23)13-11-14-16(18-12-13)26-10-9-22(14)27(24,25)21-7-5-20(4)6-8-21/h11-12H,5-10H2,1-4H3,(H,19,23). The highest BCUT2D eigenvalue weighted by atomic mass is 32.2. The van der Waals surface area contributed by atoms with Crippen molar-refractivity contribution in [2.45, 2.75) is 26.3 Å². The maximum absolute atomic E-state index is 13.2. The average molecular weight is 398 g/mol. The van der Waals surface area contributed by atoms with Crippen molar-refractivity contribution in [3.05, 3.63) is 17.8 Å². The van der Waals surface area contributed by atoms with E-state index in [2.05, 4.69) is 15.2 Å². The molecule has 0 saturated carbocycles. The fourth-order valence-corrected chi connectivity index (χ4v) is 4.60. The van der Waals surface area contributed by atoms with Crippen LogP contribution in [0.1, 0.15) is 31.1 Å². The Kier molecular flexibility index (Phi) is 5.33. The third kappa shape index (κ3) is 4.33. The molecule has 9 nitrogen and oxygen atoms in total. The van der Waals surface area contributed by atoms with Gasteiger partial charge in [-0.25, -0.2) is 9.29 Å². The van der Waals surface area contributed by atoms with E-state index >= 15 is 0 Å². The molecule has 1 N–H and O–H groups in total. The second-order valence-electron chi connectivity index (χ2n) is 7.88. The van der Waals surface area contributed by atoms with Crippen molar-refractivity contribution in [1.29, 1.82) is 0 Å². The quantitative estimate of drug-likeness (QED) is 0.788. The van der Waals surface area contributed by atoms with Gasteiger partial charge in [-0.05, 0) is 33.9 Å². The Morgan fingerprint density at radius 1 is 1.19 bits per heavy atom. The van der Waals surface area contributed by atoms with E-state index in [0.717, 1.165) is 0 Å². The minimum atomic E-state index is -3.71. The lowest BCUT2D eigenvalue weighted by Gasteiger charge is -2.37. The van der Waals surface area contributed by atoms with Crippen LogP contribution >= 0.6 is 0 Å². The van der Waals surface area contributed by atoms with Gasteiger partial charge < -0.3 is 15.0 Å². The van der Waals surface area contributed by atoms with Gasteiger partial charge in [0.2, 0.25) is 5.88 Å². The van der Waals surface area contributed by atoms with Crippen LogP contribution in [0.25, 0.3) is 0 Å². The number of carbonyl (C=O) groups is 1. The van der Waals surface area contributed by atoms with Crippen molar-refractivity contribution >= 4 is 21.8 Å². The van der Waals surface area contributed by atoms with Crippen molar-refractivity contribution in [3.8, 4) is 5.88 Å². The summed E-state index contributed by atoms with van der Waals surface area (Å²) in [7, 11) is -1.74. The van der Waals surface area contributed by atoms with Crippen molar-refractivity contribution in [2.24, 2.45) is 0 Å². The molecule has 27 heavy (non-hydrogen) atoms. The van der Waals surface area contributed by atoms with Crippen LogP contribution < -0.4 is 14.4 Å². The maximum atomic E-state index is 13.2. The van der Waals surface area contributed by atoms with E-state index in [-0.39, 0.29) is 24.9 Å². The number of hydrogen-bond donors (Lipinski definition) is 1. The SMILES string of the molecule is CN1CCN(S(=O)(=O)N2CCOc3ncc(C(=O)NC(C)(C)C)cc32)CC1. The number of carbonyl (C=O) groups excluding carboxylic acids is 1. The molecule has 0 unspecified atom stereocenters. The van der Waals surface area contributed by atoms with Crippen LogP contribution in [0, 0.1) is 0 Å². The summed E-state index contributed by atoms with van der Waals surface area (Å²) < 4.78 is 34.6. The number of amides is 1. The zero-order valence-electron chi connectivity index (χ0n) is 16.2. The molecule has 10 heteroatoms. The molecule has 0 aliphatic carbocycles. The molecule has 3 rings (SSSR count). The molecular weight excluding hydrogens is 370 g/mol. The number of fused-ring (bicyclic) bond motifs is 1. The molecule has 1 aromatic heterocycles. The first-order chi connectivity index (χ1) is 12.6. The zero-order valence-corrected chi connectivity index (χ0v) is 17.0. The molecule has 150 valence electrons. The highest BCUT2D eigenvalue weighted by Crippen LogP contribution is 2.33. The van der Waals surface area contributed by atoms with Crippen LogP contribution in [0.2, 0.25) is 0 Å². The van der Waals surface area contributed by atoms with Gasteiger partial charge >= 0.3 is 10.2 Å². The number of nitrogens with zero attached hydrogens (tertiary/aromatic N) is 4. The van der Waals surface area contributed by atoms with E-state index in [1.165, 1.54) is 20.9 Å². The van der Waals surface area contributed by atoms with Gasteiger partial charge in [0.05, 0.1) is 12.1 Å². The summed E-state index contributed by atoms with van der Waals surface area (Å²) in [5.41, 5.74) is 0.198. The van der Waals surface area contributed by atoms with Crippen molar-refractivity contribution in [2.75, 3.05) is 50.7 Å². The first-order valence-electron chi connectivity index (χ1n) is 9.00. The Morgan fingerprint density at radius 3 is 2.48 bits per heavy atom. The molecule has 3 heterocycles. The van der Waals surface area contributed by atoms with Gasteiger partial charge in [-0.3, -0.25) is 4.79 Å². The first kappa shape index (κ1) is 19.8. The lowest BCUT2D eigenvalue weighted by Crippen LogP contribution is -2.53. The number of nitrogens with one attached hydrogen (secondary N) is 1. The van der Waals surface area contributed by atoms with Crippen molar-refractivity contribution in [3.63, 3.8) is 0 Å². The second-order valence-corrected chi connectivity index (χ2v) is 9.74. The number of aromatic nitrogens is 1. The predicted molar refractivity (Wildman–Crippen MR) is 102 cm³/mol. The number of piperazine rings is 1. The Labute approximate surface area is 160 Å². The number of ether oxygens (including phenoxy) is 1. The van der Waals surface area contributed by atoms with E-state index in [1.807, 2.05) is 27.8 Å². The van der Waals surface area contributed by atoms with E-state index in [9.17, 15) is 13.2 Å². The van der Waals surface area contributed by atoms with Crippen molar-refractivity contribution < 1.29 is 17.9 Å². The highest BCUT2D eigenvalue weighted by molar-refractivity contribution is 7.90. The van der Waals surface area contributed by atoms with Gasteiger partial charge in [0.25, 0.3) is 5.91 Å². The number of rotatable bonds is 3. The van der Waals surface area contributed by atoms with Crippen LogP contribution in [-0.4, -0.2) is 80.4 Å². The van der Waals surface area contributed by atoms with Gasteiger partial charge in [-0.15, -0.1) is 0 Å². The molecule has 1 fully saturated rings. The summed E-state index contributed by atoms with van der Waals surface area (Å²) in [5, 5.41) is 2.86. The lowest BCUT2D eigenvalue weighted by molar-refractivity contribution is 0.0919. The molecule has 0 radical (unpaired) electrons. The number of anilines is 1. The third-order valence-corrected chi connectivity index (χ3v) is 6.41. The molecule has 0 spiro atoms. The molecule has 1 saturated heterocycles. The Balaban J connectivity index is 1.90. The van der Waals surface area contributed by atoms with Crippen molar-refractivity contribution in [1.82, 2.24) is 19.5 Å². The largest absolute Gasteiger partial charge is 0.474 e. The molecule has 1 aromatic rings. The highest BCUT2D eigenvalue weighted by Gasteiger charge is 2.36. The molecule has 2 aliphatic rings. The Hall–Kier alpha value is -1.91. The molecule has 0 atom stereocenters. The second kappa shape index (κ2) is 7.25. The third-order valence-electron chi connectivity index (χ3n) is 4.45. The maximum Gasteiger partial charge on any atom is 0.304 e. The van der Waals surface area contributed by atoms with Crippen LogP contribution in [0.5, 0.6) is 5.88 Å².